The van der Waals surface area contributed by atoms with E-state index in [4.69, 9.17) is 0 Å². The van der Waals surface area contributed by atoms with E-state index in [2.05, 4.69) is 11.8 Å². The lowest BCUT2D eigenvalue weighted by atomic mass is 9.99. The molecule has 1 saturated heterocycles. The number of nitrogens with zero attached hydrogens (tertiary/aromatic N) is 1. The zero-order valence-electron chi connectivity index (χ0n) is 10.1. The molecule has 0 amide bonds. The molecule has 0 unspecified atom stereocenters. The molecule has 0 bridgehead atoms. The van der Waals surface area contributed by atoms with Crippen molar-refractivity contribution in [2.75, 3.05) is 19.6 Å². The van der Waals surface area contributed by atoms with Crippen LogP contribution >= 0.6 is 0 Å². The highest BCUT2D eigenvalue weighted by Gasteiger charge is 2.14. The maximum absolute atomic E-state index is 10.1. The molecule has 0 aliphatic carbocycles. The third-order valence-electron chi connectivity index (χ3n) is 3.42. The van der Waals surface area contributed by atoms with Gasteiger partial charge in [-0.3, -0.25) is 0 Å². The number of carbonyl (C=O) groups is 1. The Balaban J connectivity index is 1.89. The molecule has 1 aliphatic heterocycles. The van der Waals surface area contributed by atoms with Crippen LogP contribution in [0.2, 0.25) is 0 Å². The van der Waals surface area contributed by atoms with Crippen LogP contribution in [0.25, 0.3) is 0 Å². The van der Waals surface area contributed by atoms with E-state index >= 15 is 0 Å². The first-order valence-corrected chi connectivity index (χ1v) is 6.49. The lowest BCUT2D eigenvalue weighted by Crippen LogP contribution is -2.33. The van der Waals surface area contributed by atoms with Gasteiger partial charge in [0.1, 0.15) is 6.29 Å². The molecule has 0 aromatic rings. The molecule has 1 fully saturated rings. The zero-order valence-corrected chi connectivity index (χ0v) is 10.1. The van der Waals surface area contributed by atoms with Gasteiger partial charge in [-0.25, -0.2) is 0 Å². The van der Waals surface area contributed by atoms with Crippen LogP contribution in [0.1, 0.15) is 51.9 Å². The van der Waals surface area contributed by atoms with Gasteiger partial charge in [0, 0.05) is 6.42 Å². The van der Waals surface area contributed by atoms with Crippen LogP contribution in [0.5, 0.6) is 0 Å². The van der Waals surface area contributed by atoms with Crippen molar-refractivity contribution < 1.29 is 4.79 Å². The van der Waals surface area contributed by atoms with E-state index in [1.807, 2.05) is 0 Å². The summed E-state index contributed by atoms with van der Waals surface area (Å²) in [6, 6.07) is 0. The Morgan fingerprint density at radius 2 is 1.80 bits per heavy atom. The van der Waals surface area contributed by atoms with E-state index in [1.54, 1.807) is 0 Å². The molecule has 1 aliphatic rings. The molecule has 2 heteroatoms. The highest BCUT2D eigenvalue weighted by molar-refractivity contribution is 5.48. The molecule has 0 aromatic carbocycles. The average Bonchev–Trinajstić information content (AvgIpc) is 2.26. The van der Waals surface area contributed by atoms with Crippen LogP contribution in [-0.4, -0.2) is 30.8 Å². The molecule has 88 valence electrons. The van der Waals surface area contributed by atoms with Crippen molar-refractivity contribution in [3.8, 4) is 0 Å². The van der Waals surface area contributed by atoms with Crippen LogP contribution in [0, 0.1) is 5.92 Å². The monoisotopic (exact) mass is 211 g/mol. The van der Waals surface area contributed by atoms with Crippen LogP contribution in [0.15, 0.2) is 0 Å². The van der Waals surface area contributed by atoms with E-state index in [0.717, 1.165) is 25.0 Å². The molecule has 0 aromatic heterocycles. The highest BCUT2D eigenvalue weighted by Crippen LogP contribution is 2.16. The van der Waals surface area contributed by atoms with E-state index < -0.39 is 0 Å². The maximum atomic E-state index is 10.1. The zero-order chi connectivity index (χ0) is 10.9. The summed E-state index contributed by atoms with van der Waals surface area (Å²) >= 11 is 0. The number of rotatable bonds is 7. The second-order valence-corrected chi connectivity index (χ2v) is 4.89. The van der Waals surface area contributed by atoms with Crippen molar-refractivity contribution in [2.24, 2.45) is 5.92 Å². The fourth-order valence-electron chi connectivity index (χ4n) is 2.20. The Bertz CT molecular complexity index is 162. The van der Waals surface area contributed by atoms with Gasteiger partial charge < -0.3 is 9.69 Å². The van der Waals surface area contributed by atoms with Crippen molar-refractivity contribution in [2.45, 2.75) is 51.9 Å². The highest BCUT2D eigenvalue weighted by atomic mass is 16.1. The number of carbonyl (C=O) groups excluding carboxylic acids is 1. The Hall–Kier alpha value is -0.370. The van der Waals surface area contributed by atoms with Gasteiger partial charge in [-0.1, -0.05) is 19.8 Å². The van der Waals surface area contributed by atoms with Crippen LogP contribution in [0.3, 0.4) is 0 Å². The molecule has 1 rings (SSSR count). The molecule has 0 atom stereocenters. The summed E-state index contributed by atoms with van der Waals surface area (Å²) in [6.07, 6.45) is 9.46. The lowest BCUT2D eigenvalue weighted by Gasteiger charge is -2.30. The molecule has 1 heterocycles. The number of unbranched alkanes of at least 4 members (excludes halogenated alkanes) is 4. The van der Waals surface area contributed by atoms with Gasteiger partial charge >= 0.3 is 0 Å². The second-order valence-electron chi connectivity index (χ2n) is 4.89. The molecule has 0 spiro atoms. The smallest absolute Gasteiger partial charge is 0.119 e. The minimum Gasteiger partial charge on any atom is -0.303 e. The van der Waals surface area contributed by atoms with Gasteiger partial charge in [-0.2, -0.15) is 0 Å². The summed E-state index contributed by atoms with van der Waals surface area (Å²) in [5.74, 6) is 0.939. The summed E-state index contributed by atoms with van der Waals surface area (Å²) in [7, 11) is 0. The molecular formula is C13H25NO. The fraction of sp³-hybridized carbons (Fsp3) is 0.923. The van der Waals surface area contributed by atoms with Crippen molar-refractivity contribution in [1.29, 1.82) is 0 Å². The number of piperidine rings is 1. The Kier molecular flexibility index (Phi) is 6.66. The standard InChI is InChI=1S/C13H25NO/c1-13-7-10-14(11-8-13)9-5-3-2-4-6-12-15/h12-13H,2-11H2,1H3. The van der Waals surface area contributed by atoms with E-state index in [-0.39, 0.29) is 0 Å². The van der Waals surface area contributed by atoms with Gasteiger partial charge in [-0.05, 0) is 51.2 Å². The summed E-state index contributed by atoms with van der Waals surface area (Å²) in [6.45, 7) is 6.23. The predicted octanol–water partition coefficient (Wildman–Crippen LogP) is 2.87. The average molecular weight is 211 g/mol. The first-order chi connectivity index (χ1) is 7.33. The number of aldehydes is 1. The van der Waals surface area contributed by atoms with E-state index in [0.29, 0.717) is 0 Å². The number of likely N-dealkylation sites (tertiary alicyclic amines) is 1. The summed E-state index contributed by atoms with van der Waals surface area (Å²) in [4.78, 5) is 12.7. The molecule has 2 nitrogen and oxygen atoms in total. The topological polar surface area (TPSA) is 20.3 Å². The molecule has 0 radical (unpaired) electrons. The Morgan fingerprint density at radius 3 is 2.47 bits per heavy atom. The van der Waals surface area contributed by atoms with Gasteiger partial charge in [-0.15, -0.1) is 0 Å². The lowest BCUT2D eigenvalue weighted by molar-refractivity contribution is -0.107. The van der Waals surface area contributed by atoms with Crippen molar-refractivity contribution >= 4 is 6.29 Å². The maximum Gasteiger partial charge on any atom is 0.119 e. The third kappa shape index (κ3) is 5.93. The predicted molar refractivity (Wildman–Crippen MR) is 64.0 cm³/mol. The Morgan fingerprint density at radius 1 is 1.13 bits per heavy atom. The SMILES string of the molecule is CC1CCN(CCCCCCC=O)CC1. The summed E-state index contributed by atoms with van der Waals surface area (Å²) < 4.78 is 0. The Labute approximate surface area is 94.0 Å². The van der Waals surface area contributed by atoms with E-state index in [9.17, 15) is 4.79 Å². The molecule has 0 saturated carbocycles. The summed E-state index contributed by atoms with van der Waals surface area (Å²) in [5, 5.41) is 0. The molecular weight excluding hydrogens is 186 g/mol. The first-order valence-electron chi connectivity index (χ1n) is 6.49. The second kappa shape index (κ2) is 7.86. The normalized spacial score (nSPS) is 19.3. The summed E-state index contributed by atoms with van der Waals surface area (Å²) in [5.41, 5.74) is 0. The van der Waals surface area contributed by atoms with Crippen molar-refractivity contribution in [3.63, 3.8) is 0 Å². The fourth-order valence-corrected chi connectivity index (χ4v) is 2.20. The van der Waals surface area contributed by atoms with Crippen LogP contribution < -0.4 is 0 Å². The van der Waals surface area contributed by atoms with Crippen molar-refractivity contribution in [1.82, 2.24) is 4.90 Å². The van der Waals surface area contributed by atoms with Gasteiger partial charge in [0.05, 0.1) is 0 Å². The number of hydrogen-bond acceptors (Lipinski definition) is 2. The largest absolute Gasteiger partial charge is 0.303 e. The molecule has 0 N–H and O–H groups in total. The quantitative estimate of drug-likeness (QED) is 0.477. The van der Waals surface area contributed by atoms with Gasteiger partial charge in [0.2, 0.25) is 0 Å². The van der Waals surface area contributed by atoms with Gasteiger partial charge in [0.25, 0.3) is 0 Å². The van der Waals surface area contributed by atoms with E-state index in [1.165, 1.54) is 51.7 Å². The minimum atomic E-state index is 0.751. The minimum absolute atomic E-state index is 0.751. The van der Waals surface area contributed by atoms with Gasteiger partial charge in [0.15, 0.2) is 0 Å². The third-order valence-corrected chi connectivity index (χ3v) is 3.42. The van der Waals surface area contributed by atoms with Crippen molar-refractivity contribution in [3.05, 3.63) is 0 Å². The number of hydrogen-bond donors (Lipinski definition) is 0. The van der Waals surface area contributed by atoms with Crippen LogP contribution in [0.4, 0.5) is 0 Å². The molecule has 15 heavy (non-hydrogen) atoms. The van der Waals surface area contributed by atoms with Crippen LogP contribution in [-0.2, 0) is 4.79 Å². The first kappa shape index (κ1) is 12.7.